The number of fused-ring (bicyclic) bond motifs is 1. The largest absolute Gasteiger partial charge is 0.326 e. The number of nitrogens with two attached hydrogens (primary N) is 1. The predicted octanol–water partition coefficient (Wildman–Crippen LogP) is 2.72. The van der Waals surface area contributed by atoms with Crippen molar-refractivity contribution in [2.75, 3.05) is 0 Å². The molecule has 0 fully saturated rings. The van der Waals surface area contributed by atoms with E-state index in [-0.39, 0.29) is 5.82 Å². The third-order valence-electron chi connectivity index (χ3n) is 3.33. The van der Waals surface area contributed by atoms with E-state index in [4.69, 9.17) is 5.73 Å². The molecule has 1 aromatic carbocycles. The topological polar surface area (TPSA) is 56.7 Å². The highest BCUT2D eigenvalue weighted by Crippen LogP contribution is 2.25. The molecule has 0 aliphatic heterocycles. The number of aryl methyl sites for hydroxylation is 1. The number of imidazole rings is 1. The maximum Gasteiger partial charge on any atom is 0.142 e. The summed E-state index contributed by atoms with van der Waals surface area (Å²) < 4.78 is 15.4. The number of benzene rings is 1. The van der Waals surface area contributed by atoms with Crippen molar-refractivity contribution >= 4 is 11.0 Å². The molecule has 20 heavy (non-hydrogen) atoms. The van der Waals surface area contributed by atoms with Crippen LogP contribution in [0, 0.1) is 5.82 Å². The van der Waals surface area contributed by atoms with Crippen molar-refractivity contribution in [3.05, 3.63) is 48.0 Å². The monoisotopic (exact) mass is 270 g/mol. The van der Waals surface area contributed by atoms with Crippen LogP contribution in [-0.4, -0.2) is 14.5 Å². The number of pyridine rings is 1. The zero-order valence-corrected chi connectivity index (χ0v) is 11.2. The molecule has 0 aliphatic carbocycles. The van der Waals surface area contributed by atoms with E-state index in [0.717, 1.165) is 29.0 Å². The lowest BCUT2D eigenvalue weighted by atomic mass is 10.2. The summed E-state index contributed by atoms with van der Waals surface area (Å²) in [5, 5.41) is 0. The van der Waals surface area contributed by atoms with Gasteiger partial charge in [0.05, 0.1) is 17.2 Å². The van der Waals surface area contributed by atoms with Crippen molar-refractivity contribution < 1.29 is 4.39 Å². The molecule has 5 heteroatoms. The molecule has 4 nitrogen and oxygen atoms in total. The van der Waals surface area contributed by atoms with Crippen LogP contribution in [0.5, 0.6) is 0 Å². The van der Waals surface area contributed by atoms with Crippen LogP contribution in [0.15, 0.2) is 36.7 Å². The van der Waals surface area contributed by atoms with Gasteiger partial charge >= 0.3 is 0 Å². The van der Waals surface area contributed by atoms with Gasteiger partial charge in [0.15, 0.2) is 0 Å². The Balaban J connectivity index is 2.24. The minimum absolute atomic E-state index is 0.361. The van der Waals surface area contributed by atoms with Crippen molar-refractivity contribution in [1.29, 1.82) is 0 Å². The molecule has 3 rings (SSSR count). The van der Waals surface area contributed by atoms with E-state index in [1.807, 2.05) is 29.7 Å². The van der Waals surface area contributed by atoms with Gasteiger partial charge in [-0.3, -0.25) is 4.98 Å². The Kier molecular flexibility index (Phi) is 3.20. The molecule has 0 saturated heterocycles. The molecule has 0 spiro atoms. The third kappa shape index (κ3) is 2.06. The van der Waals surface area contributed by atoms with Gasteiger partial charge in [-0.15, -0.1) is 0 Å². The van der Waals surface area contributed by atoms with E-state index in [9.17, 15) is 4.39 Å². The average Bonchev–Trinajstić information content (AvgIpc) is 2.84. The van der Waals surface area contributed by atoms with Crippen molar-refractivity contribution in [2.45, 2.75) is 20.0 Å². The summed E-state index contributed by atoms with van der Waals surface area (Å²) in [7, 11) is 0. The second-order valence-electron chi connectivity index (χ2n) is 4.60. The first-order valence-corrected chi connectivity index (χ1v) is 6.53. The van der Waals surface area contributed by atoms with Gasteiger partial charge in [-0.2, -0.15) is 0 Å². The summed E-state index contributed by atoms with van der Waals surface area (Å²) in [5.74, 6) is 0.364. The predicted molar refractivity (Wildman–Crippen MR) is 76.5 cm³/mol. The number of rotatable bonds is 3. The lowest BCUT2D eigenvalue weighted by Crippen LogP contribution is -1.98. The minimum atomic E-state index is -0.361. The Morgan fingerprint density at radius 2 is 2.10 bits per heavy atom. The lowest BCUT2D eigenvalue weighted by molar-refractivity contribution is 0.621. The van der Waals surface area contributed by atoms with Crippen LogP contribution in [-0.2, 0) is 13.1 Å². The first-order valence-electron chi connectivity index (χ1n) is 6.53. The van der Waals surface area contributed by atoms with Crippen molar-refractivity contribution in [1.82, 2.24) is 14.5 Å². The van der Waals surface area contributed by atoms with Crippen LogP contribution < -0.4 is 5.73 Å². The van der Waals surface area contributed by atoms with Gasteiger partial charge in [0.2, 0.25) is 0 Å². The highest BCUT2D eigenvalue weighted by atomic mass is 19.1. The van der Waals surface area contributed by atoms with Gasteiger partial charge in [-0.25, -0.2) is 9.37 Å². The van der Waals surface area contributed by atoms with E-state index in [1.165, 1.54) is 12.3 Å². The normalized spacial score (nSPS) is 11.2. The zero-order valence-electron chi connectivity index (χ0n) is 11.2. The Hall–Kier alpha value is -2.27. The zero-order chi connectivity index (χ0) is 14.1. The van der Waals surface area contributed by atoms with E-state index in [2.05, 4.69) is 9.97 Å². The smallest absolute Gasteiger partial charge is 0.142 e. The number of halogens is 1. The fraction of sp³-hybridized carbons (Fsp3) is 0.200. The molecule has 0 saturated carbocycles. The van der Waals surface area contributed by atoms with Gasteiger partial charge in [-0.05, 0) is 30.7 Å². The third-order valence-corrected chi connectivity index (χ3v) is 3.33. The highest BCUT2D eigenvalue weighted by molar-refractivity contribution is 5.81. The Morgan fingerprint density at radius 1 is 1.25 bits per heavy atom. The van der Waals surface area contributed by atoms with Gasteiger partial charge in [0.25, 0.3) is 0 Å². The molecule has 0 radical (unpaired) electrons. The molecule has 0 unspecified atom stereocenters. The van der Waals surface area contributed by atoms with Gasteiger partial charge in [0.1, 0.15) is 11.6 Å². The van der Waals surface area contributed by atoms with Crippen LogP contribution >= 0.6 is 0 Å². The fourth-order valence-corrected chi connectivity index (χ4v) is 2.38. The van der Waals surface area contributed by atoms with Crippen molar-refractivity contribution in [3.8, 4) is 11.4 Å². The van der Waals surface area contributed by atoms with Crippen LogP contribution in [0.2, 0.25) is 0 Å². The Labute approximate surface area is 116 Å². The summed E-state index contributed by atoms with van der Waals surface area (Å²) in [5.41, 5.74) is 9.25. The van der Waals surface area contributed by atoms with E-state index >= 15 is 0 Å². The molecule has 2 aromatic heterocycles. The fourth-order valence-electron chi connectivity index (χ4n) is 2.38. The summed E-state index contributed by atoms with van der Waals surface area (Å²) >= 11 is 0. The van der Waals surface area contributed by atoms with Gasteiger partial charge in [0, 0.05) is 24.8 Å². The standard InChI is InChI=1S/C15H15FN4/c1-2-20-14-4-3-10(7-17)5-13(14)19-15(20)11-6-12(16)9-18-8-11/h3-6,8-9H,2,7,17H2,1H3. The summed E-state index contributed by atoms with van der Waals surface area (Å²) in [6.07, 6.45) is 2.81. The van der Waals surface area contributed by atoms with Crippen LogP contribution in [0.25, 0.3) is 22.4 Å². The molecule has 102 valence electrons. The maximum atomic E-state index is 13.3. The molecular formula is C15H15FN4. The van der Waals surface area contributed by atoms with Crippen molar-refractivity contribution in [2.24, 2.45) is 5.73 Å². The number of hydrogen-bond donors (Lipinski definition) is 1. The molecule has 0 atom stereocenters. The molecule has 2 heterocycles. The molecule has 2 N–H and O–H groups in total. The van der Waals surface area contributed by atoms with Crippen LogP contribution in [0.3, 0.4) is 0 Å². The highest BCUT2D eigenvalue weighted by Gasteiger charge is 2.12. The summed E-state index contributed by atoms with van der Waals surface area (Å²) in [4.78, 5) is 8.50. The molecule has 0 aliphatic rings. The first-order chi connectivity index (χ1) is 9.72. The SMILES string of the molecule is CCn1c(-c2cncc(F)c2)nc2cc(CN)ccc21. The first kappa shape index (κ1) is 12.7. The van der Waals surface area contributed by atoms with Crippen LogP contribution in [0.1, 0.15) is 12.5 Å². The number of aromatic nitrogens is 3. The quantitative estimate of drug-likeness (QED) is 0.796. The van der Waals surface area contributed by atoms with E-state index in [1.54, 1.807) is 6.20 Å². The number of hydrogen-bond acceptors (Lipinski definition) is 3. The molecule has 0 bridgehead atoms. The second kappa shape index (κ2) is 5.02. The second-order valence-corrected chi connectivity index (χ2v) is 4.60. The number of nitrogens with zero attached hydrogens (tertiary/aromatic N) is 3. The lowest BCUT2D eigenvalue weighted by Gasteiger charge is -2.05. The molecule has 3 aromatic rings. The molecule has 0 amide bonds. The van der Waals surface area contributed by atoms with Gasteiger partial charge < -0.3 is 10.3 Å². The Morgan fingerprint density at radius 3 is 2.80 bits per heavy atom. The van der Waals surface area contributed by atoms with E-state index < -0.39 is 0 Å². The summed E-state index contributed by atoms with van der Waals surface area (Å²) in [6, 6.07) is 7.41. The van der Waals surface area contributed by atoms with E-state index in [0.29, 0.717) is 12.1 Å². The minimum Gasteiger partial charge on any atom is -0.326 e. The van der Waals surface area contributed by atoms with Gasteiger partial charge in [-0.1, -0.05) is 6.07 Å². The Bertz CT molecular complexity index is 764. The molecular weight excluding hydrogens is 255 g/mol. The van der Waals surface area contributed by atoms with Crippen LogP contribution in [0.4, 0.5) is 4.39 Å². The van der Waals surface area contributed by atoms with Crippen molar-refractivity contribution in [3.63, 3.8) is 0 Å². The maximum absolute atomic E-state index is 13.3. The average molecular weight is 270 g/mol. The summed E-state index contributed by atoms with van der Waals surface area (Å²) in [6.45, 7) is 3.27.